The van der Waals surface area contributed by atoms with Crippen molar-refractivity contribution in [2.24, 2.45) is 5.41 Å². The fourth-order valence-electron chi connectivity index (χ4n) is 2.74. The van der Waals surface area contributed by atoms with Crippen molar-refractivity contribution < 1.29 is 0 Å². The summed E-state index contributed by atoms with van der Waals surface area (Å²) in [6.45, 7) is 2.68. The quantitative estimate of drug-likeness (QED) is 0.648. The molecule has 100 valence electrons. The largest absolute Gasteiger partial charge is 0.295 e. The molecule has 0 atom stereocenters. The third kappa shape index (κ3) is 2.92. The Morgan fingerprint density at radius 1 is 1.44 bits per heavy atom. The number of nitrogens with zero attached hydrogens (tertiary/aromatic N) is 2. The summed E-state index contributed by atoms with van der Waals surface area (Å²) >= 11 is 6.60. The van der Waals surface area contributed by atoms with Gasteiger partial charge in [-0.3, -0.25) is 9.36 Å². The van der Waals surface area contributed by atoms with Gasteiger partial charge in [-0.05, 0) is 53.5 Å². The van der Waals surface area contributed by atoms with E-state index < -0.39 is 0 Å². The average Bonchev–Trinajstić information content (AvgIpc) is 2.40. The van der Waals surface area contributed by atoms with Crippen molar-refractivity contribution in [3.05, 3.63) is 25.9 Å². The molecule has 1 aliphatic carbocycles. The molecule has 0 unspecified atom stereocenters. The summed E-state index contributed by atoms with van der Waals surface area (Å²) in [6, 6.07) is 0. The average molecular weight is 378 g/mol. The zero-order chi connectivity index (χ0) is 13.2. The van der Waals surface area contributed by atoms with Crippen LogP contribution in [0.25, 0.3) is 0 Å². The molecule has 1 saturated carbocycles. The molecule has 0 radical (unpaired) electrons. The standard InChI is InChI=1S/C13H19IN2OS/c1-10-15-7-11(14)12(17)16(10)8-13(9-18)5-3-2-4-6-13/h7,18H,2-6,8-9H2,1H3. The van der Waals surface area contributed by atoms with Crippen LogP contribution < -0.4 is 5.56 Å². The van der Waals surface area contributed by atoms with Crippen LogP contribution in [-0.4, -0.2) is 15.3 Å². The number of halogens is 1. The molecule has 1 aliphatic rings. The van der Waals surface area contributed by atoms with Gasteiger partial charge in [-0.15, -0.1) is 0 Å². The zero-order valence-corrected chi connectivity index (χ0v) is 13.7. The number of aryl methyl sites for hydroxylation is 1. The highest BCUT2D eigenvalue weighted by molar-refractivity contribution is 14.1. The van der Waals surface area contributed by atoms with E-state index in [0.717, 1.165) is 18.1 Å². The number of aromatic nitrogens is 2. The highest BCUT2D eigenvalue weighted by atomic mass is 127. The van der Waals surface area contributed by atoms with Crippen molar-refractivity contribution in [3.63, 3.8) is 0 Å². The van der Waals surface area contributed by atoms with Crippen molar-refractivity contribution in [1.82, 2.24) is 9.55 Å². The van der Waals surface area contributed by atoms with E-state index in [1.54, 1.807) is 6.20 Å². The van der Waals surface area contributed by atoms with E-state index in [2.05, 4.69) is 40.2 Å². The van der Waals surface area contributed by atoms with Gasteiger partial charge in [0.25, 0.3) is 5.56 Å². The number of hydrogen-bond acceptors (Lipinski definition) is 3. The van der Waals surface area contributed by atoms with Crippen LogP contribution in [0.5, 0.6) is 0 Å². The Morgan fingerprint density at radius 2 is 2.11 bits per heavy atom. The predicted molar refractivity (Wildman–Crippen MR) is 85.3 cm³/mol. The number of thiol groups is 1. The van der Waals surface area contributed by atoms with Gasteiger partial charge in [-0.2, -0.15) is 12.6 Å². The molecular weight excluding hydrogens is 359 g/mol. The van der Waals surface area contributed by atoms with Gasteiger partial charge in [-0.1, -0.05) is 19.3 Å². The normalized spacial score (nSPS) is 18.8. The highest BCUT2D eigenvalue weighted by Crippen LogP contribution is 2.38. The lowest BCUT2D eigenvalue weighted by molar-refractivity contribution is 0.185. The minimum Gasteiger partial charge on any atom is -0.295 e. The molecule has 5 heteroatoms. The van der Waals surface area contributed by atoms with Crippen molar-refractivity contribution in [1.29, 1.82) is 0 Å². The molecule has 0 bridgehead atoms. The maximum absolute atomic E-state index is 12.2. The predicted octanol–water partition coefficient (Wildman–Crippen LogP) is 3.04. The molecule has 18 heavy (non-hydrogen) atoms. The highest BCUT2D eigenvalue weighted by Gasteiger charge is 2.32. The SMILES string of the molecule is Cc1ncc(I)c(=O)n1CC1(CS)CCCCC1. The lowest BCUT2D eigenvalue weighted by Gasteiger charge is -2.36. The summed E-state index contributed by atoms with van der Waals surface area (Å²) in [5.74, 6) is 1.66. The minimum absolute atomic E-state index is 0.0924. The van der Waals surface area contributed by atoms with Crippen LogP contribution in [0.1, 0.15) is 37.9 Å². The molecule has 1 heterocycles. The first-order chi connectivity index (χ1) is 8.58. The van der Waals surface area contributed by atoms with Gasteiger partial charge >= 0.3 is 0 Å². The van der Waals surface area contributed by atoms with E-state index in [4.69, 9.17) is 0 Å². The van der Waals surface area contributed by atoms with Gasteiger partial charge in [0.1, 0.15) is 5.82 Å². The van der Waals surface area contributed by atoms with Gasteiger partial charge < -0.3 is 0 Å². The molecule has 1 fully saturated rings. The monoisotopic (exact) mass is 378 g/mol. The zero-order valence-electron chi connectivity index (χ0n) is 10.7. The van der Waals surface area contributed by atoms with Crippen molar-refractivity contribution in [3.8, 4) is 0 Å². The molecular formula is C13H19IN2OS. The van der Waals surface area contributed by atoms with Gasteiger partial charge in [0, 0.05) is 12.7 Å². The summed E-state index contributed by atoms with van der Waals surface area (Å²) in [6.07, 6.45) is 7.83. The Morgan fingerprint density at radius 3 is 2.72 bits per heavy atom. The first-order valence-electron chi connectivity index (χ1n) is 6.41. The Balaban J connectivity index is 2.32. The molecule has 0 aromatic carbocycles. The number of hydrogen-bond donors (Lipinski definition) is 1. The summed E-state index contributed by atoms with van der Waals surface area (Å²) < 4.78 is 2.53. The van der Waals surface area contributed by atoms with E-state index in [-0.39, 0.29) is 11.0 Å². The molecule has 0 N–H and O–H groups in total. The Hall–Kier alpha value is -0.0400. The Bertz CT molecular complexity index is 480. The maximum Gasteiger partial charge on any atom is 0.266 e. The third-order valence-corrected chi connectivity index (χ3v) is 5.36. The fourth-order valence-corrected chi connectivity index (χ4v) is 3.59. The van der Waals surface area contributed by atoms with E-state index in [0.29, 0.717) is 3.57 Å². The van der Waals surface area contributed by atoms with Crippen LogP contribution in [0.4, 0.5) is 0 Å². The van der Waals surface area contributed by atoms with Crippen molar-refractivity contribution >= 4 is 35.2 Å². The fraction of sp³-hybridized carbons (Fsp3) is 0.692. The molecule has 0 amide bonds. The Kier molecular flexibility index (Phi) is 4.75. The van der Waals surface area contributed by atoms with Crippen LogP contribution in [0.3, 0.4) is 0 Å². The number of rotatable bonds is 3. The van der Waals surface area contributed by atoms with Gasteiger partial charge in [0.2, 0.25) is 0 Å². The van der Waals surface area contributed by atoms with Crippen LogP contribution in [0.15, 0.2) is 11.0 Å². The Labute approximate surface area is 127 Å². The molecule has 0 saturated heterocycles. The lowest BCUT2D eigenvalue weighted by Crippen LogP contribution is -2.37. The van der Waals surface area contributed by atoms with Gasteiger partial charge in [0.05, 0.1) is 3.57 Å². The summed E-state index contributed by atoms with van der Waals surface area (Å²) in [5.41, 5.74) is 0.275. The van der Waals surface area contributed by atoms with Crippen LogP contribution >= 0.6 is 35.2 Å². The second-order valence-corrected chi connectivity index (χ2v) is 6.74. The van der Waals surface area contributed by atoms with Gasteiger partial charge in [-0.25, -0.2) is 4.98 Å². The molecule has 1 aromatic heterocycles. The van der Waals surface area contributed by atoms with Crippen molar-refractivity contribution in [2.75, 3.05) is 5.75 Å². The molecule has 1 aromatic rings. The molecule has 0 aliphatic heterocycles. The van der Waals surface area contributed by atoms with Crippen LogP contribution in [0, 0.1) is 15.9 Å². The topological polar surface area (TPSA) is 34.9 Å². The molecule has 0 spiro atoms. The van der Waals surface area contributed by atoms with Crippen molar-refractivity contribution in [2.45, 2.75) is 45.6 Å². The summed E-state index contributed by atoms with van der Waals surface area (Å²) in [7, 11) is 0. The lowest BCUT2D eigenvalue weighted by atomic mass is 9.75. The smallest absolute Gasteiger partial charge is 0.266 e. The molecule has 3 nitrogen and oxygen atoms in total. The summed E-state index contributed by atoms with van der Waals surface area (Å²) in [5, 5.41) is 0. The first-order valence-corrected chi connectivity index (χ1v) is 8.12. The van der Waals surface area contributed by atoms with E-state index in [1.807, 2.05) is 11.5 Å². The maximum atomic E-state index is 12.2. The second kappa shape index (κ2) is 5.94. The van der Waals surface area contributed by atoms with Crippen LogP contribution in [-0.2, 0) is 6.54 Å². The second-order valence-electron chi connectivity index (χ2n) is 5.26. The summed E-state index contributed by atoms with van der Waals surface area (Å²) in [4.78, 5) is 16.5. The van der Waals surface area contributed by atoms with Crippen LogP contribution in [0.2, 0.25) is 0 Å². The van der Waals surface area contributed by atoms with Gasteiger partial charge in [0.15, 0.2) is 0 Å². The minimum atomic E-state index is 0.0924. The third-order valence-electron chi connectivity index (χ3n) is 3.95. The van der Waals surface area contributed by atoms with E-state index in [9.17, 15) is 4.79 Å². The first kappa shape index (κ1) is 14.4. The van der Waals surface area contributed by atoms with E-state index >= 15 is 0 Å². The molecule has 2 rings (SSSR count). The van der Waals surface area contributed by atoms with E-state index in [1.165, 1.54) is 32.1 Å².